The molecule has 0 radical (unpaired) electrons. The van der Waals surface area contributed by atoms with Crippen molar-refractivity contribution in [1.82, 2.24) is 9.55 Å². The summed E-state index contributed by atoms with van der Waals surface area (Å²) in [7, 11) is 0. The van der Waals surface area contributed by atoms with E-state index < -0.39 is 12.3 Å². The van der Waals surface area contributed by atoms with Crippen molar-refractivity contribution in [3.05, 3.63) is 205 Å². The molecule has 72 heavy (non-hydrogen) atoms. The van der Waals surface area contributed by atoms with Crippen molar-refractivity contribution in [1.29, 1.82) is 0 Å². The minimum Gasteiger partial charge on any atom is -0.457 e. The van der Waals surface area contributed by atoms with E-state index in [0.29, 0.717) is 68.5 Å². The number of rotatable bonds is 3. The third-order valence-corrected chi connectivity index (χ3v) is 13.9. The Labute approximate surface area is 432 Å². The predicted molar refractivity (Wildman–Crippen MR) is 299 cm³/mol. The first kappa shape index (κ1) is 38.6. The fourth-order valence-electron chi connectivity index (χ4n) is 10.3. The van der Waals surface area contributed by atoms with Gasteiger partial charge in [0.1, 0.15) is 35.5 Å². The number of ether oxygens (including phenoxy) is 2. The zero-order chi connectivity index (χ0) is 54.7. The molecule has 6 heteroatoms. The lowest BCUT2D eigenvalue weighted by Crippen LogP contribution is -2.25. The average molecular weight is 947 g/mol. The highest BCUT2D eigenvalue weighted by molar-refractivity contribution is 6.09. The van der Waals surface area contributed by atoms with E-state index in [0.717, 1.165) is 50.6 Å². The molecule has 0 fully saturated rings. The third kappa shape index (κ3) is 8.05. The summed E-state index contributed by atoms with van der Waals surface area (Å²) in [6.45, 7) is 17.4. The monoisotopic (exact) mass is 947 g/mol. The zero-order valence-corrected chi connectivity index (χ0v) is 42.0. The highest BCUT2D eigenvalue weighted by Crippen LogP contribution is 2.52. The largest absolute Gasteiger partial charge is 0.457 e. The molecule has 10 aromatic rings. The van der Waals surface area contributed by atoms with E-state index in [1.165, 1.54) is 5.56 Å². The Morgan fingerprint density at radius 2 is 1.26 bits per heavy atom. The molecular weight excluding hydrogens is 881 g/mol. The van der Waals surface area contributed by atoms with Crippen LogP contribution in [0.25, 0.3) is 61.0 Å². The van der Waals surface area contributed by atoms with Gasteiger partial charge in [-0.25, -0.2) is 4.98 Å². The van der Waals surface area contributed by atoms with E-state index in [1.807, 2.05) is 68.4 Å². The Morgan fingerprint density at radius 1 is 0.583 bits per heavy atom. The second kappa shape index (κ2) is 17.3. The van der Waals surface area contributed by atoms with Crippen LogP contribution in [0.2, 0.25) is 0 Å². The van der Waals surface area contributed by atoms with Crippen LogP contribution in [0.1, 0.15) is 80.3 Å². The Morgan fingerprint density at radius 3 is 2.00 bits per heavy atom. The lowest BCUT2D eigenvalue weighted by atomic mass is 9.82. The molecule has 0 saturated carbocycles. The molecule has 14 rings (SSSR count). The van der Waals surface area contributed by atoms with Crippen LogP contribution < -0.4 is 19.3 Å². The predicted octanol–water partition coefficient (Wildman–Crippen LogP) is 18.1. The molecule has 0 amide bonds. The van der Waals surface area contributed by atoms with Crippen molar-refractivity contribution in [3.63, 3.8) is 0 Å². The second-order valence-corrected chi connectivity index (χ2v) is 21.3. The maximum atomic E-state index is 9.64. The summed E-state index contributed by atoms with van der Waals surface area (Å²) in [6, 6.07) is 52.3. The normalized spacial score (nSPS) is 14.7. The number of anilines is 4. The molecular formula is C66H60N4O2. The Balaban J connectivity index is 1.14. The lowest BCUT2D eigenvalue weighted by Gasteiger charge is -2.30. The number of benzene rings is 8. The van der Waals surface area contributed by atoms with Gasteiger partial charge >= 0.3 is 0 Å². The second-order valence-electron chi connectivity index (χ2n) is 21.3. The smallest absolute Gasteiger partial charge is 0.137 e. The van der Waals surface area contributed by atoms with Crippen molar-refractivity contribution < 1.29 is 17.7 Å². The fraction of sp³-hybridized carbons (Fsp3) is 0.197. The highest BCUT2D eigenvalue weighted by atomic mass is 16.5. The standard InChI is InChI=1S/C66H60N4O2/c1-42(2)33-46-35-63-67-40-56(46)45-19-16-20-50(34-45)71-49-28-25-44(26-29-49)55-37-47(65(3,4)5)36-54(43-17-10-9-11-18-43)64(55)69-41-68(59-23-14-15-24-60(59)69)48-27-32-57(66(6,7)8)62(38-48)72-51-30-31-53-52-21-12-13-22-58(52)70(63)61(53)39-51/h9-32,34-40,42H,33,41H2,1-8H3/i12D,13D,21D,22D,33D2. The summed E-state index contributed by atoms with van der Waals surface area (Å²) in [5.74, 6) is 2.15. The van der Waals surface area contributed by atoms with Gasteiger partial charge in [0.15, 0.2) is 0 Å². The molecule has 0 unspecified atom stereocenters. The van der Waals surface area contributed by atoms with Gasteiger partial charge in [0.2, 0.25) is 0 Å². The molecule has 12 bridgehead atoms. The van der Waals surface area contributed by atoms with Gasteiger partial charge in [-0.2, -0.15) is 0 Å². The summed E-state index contributed by atoms with van der Waals surface area (Å²) >= 11 is 0. The number of aromatic nitrogens is 2. The number of nitrogens with zero attached hydrogens (tertiary/aromatic N) is 4. The van der Waals surface area contributed by atoms with E-state index in [9.17, 15) is 5.48 Å². The maximum absolute atomic E-state index is 9.64. The summed E-state index contributed by atoms with van der Waals surface area (Å²) in [6.07, 6.45) is -0.213. The Kier molecular flexibility index (Phi) is 9.31. The summed E-state index contributed by atoms with van der Waals surface area (Å²) in [4.78, 5) is 9.81. The maximum Gasteiger partial charge on any atom is 0.137 e. The van der Waals surface area contributed by atoms with Crippen molar-refractivity contribution in [2.75, 3.05) is 16.5 Å². The van der Waals surface area contributed by atoms with Gasteiger partial charge in [-0.3, -0.25) is 4.57 Å². The first-order valence-electron chi connectivity index (χ1n) is 27.8. The summed E-state index contributed by atoms with van der Waals surface area (Å²) < 4.78 is 71.0. The van der Waals surface area contributed by atoms with Crippen LogP contribution >= 0.6 is 0 Å². The summed E-state index contributed by atoms with van der Waals surface area (Å²) in [5, 5.41) is 0.899. The molecule has 0 aliphatic carbocycles. The molecule has 6 nitrogen and oxygen atoms in total. The van der Waals surface area contributed by atoms with Crippen LogP contribution in [-0.4, -0.2) is 16.2 Å². The van der Waals surface area contributed by atoms with Crippen molar-refractivity contribution in [2.45, 2.75) is 72.6 Å². The van der Waals surface area contributed by atoms with Crippen molar-refractivity contribution >= 4 is 44.6 Å². The Hall–Kier alpha value is -8.09. The quantitative estimate of drug-likeness (QED) is 0.177. The van der Waals surface area contributed by atoms with E-state index in [-0.39, 0.29) is 40.5 Å². The topological polar surface area (TPSA) is 42.8 Å². The van der Waals surface area contributed by atoms with Crippen LogP contribution in [0, 0.1) is 5.92 Å². The van der Waals surface area contributed by atoms with Gasteiger partial charge < -0.3 is 19.3 Å². The zero-order valence-electron chi connectivity index (χ0n) is 48.0. The van der Waals surface area contributed by atoms with Gasteiger partial charge in [0, 0.05) is 59.8 Å². The van der Waals surface area contributed by atoms with Crippen molar-refractivity contribution in [2.24, 2.45) is 5.92 Å². The van der Waals surface area contributed by atoms with E-state index in [1.54, 1.807) is 16.8 Å². The molecule has 0 N–H and O–H groups in total. The molecule has 356 valence electrons. The van der Waals surface area contributed by atoms with E-state index >= 15 is 0 Å². The van der Waals surface area contributed by atoms with Crippen LogP contribution in [0.3, 0.4) is 0 Å². The van der Waals surface area contributed by atoms with Gasteiger partial charge in [0.25, 0.3) is 0 Å². The average Bonchev–Trinajstić information content (AvgIpc) is 4.16. The third-order valence-electron chi connectivity index (χ3n) is 13.9. The summed E-state index contributed by atoms with van der Waals surface area (Å²) in [5.41, 5.74) is 12.5. The molecule has 6 heterocycles. The Bertz CT molecular complexity index is 4050. The molecule has 0 atom stereocenters. The van der Waals surface area contributed by atoms with Gasteiger partial charge in [-0.05, 0) is 130 Å². The van der Waals surface area contributed by atoms with Gasteiger partial charge in [-0.15, -0.1) is 0 Å². The van der Waals surface area contributed by atoms with Gasteiger partial charge in [-0.1, -0.05) is 146 Å². The minimum atomic E-state index is -1.87. The van der Waals surface area contributed by atoms with Crippen molar-refractivity contribution in [3.8, 4) is 62.2 Å². The minimum absolute atomic E-state index is 0.178. The first-order chi connectivity index (χ1) is 37.2. The van der Waals surface area contributed by atoms with E-state index in [2.05, 4.69) is 148 Å². The number of para-hydroxylation sites is 3. The highest BCUT2D eigenvalue weighted by Gasteiger charge is 2.34. The lowest BCUT2D eigenvalue weighted by molar-refractivity contribution is 0.456. The number of fused-ring (bicyclic) bond motifs is 5. The van der Waals surface area contributed by atoms with Crippen LogP contribution in [0.5, 0.6) is 23.0 Å². The fourth-order valence-corrected chi connectivity index (χ4v) is 10.3. The number of hydrogen-bond donors (Lipinski definition) is 0. The van der Waals surface area contributed by atoms with Crippen LogP contribution in [0.4, 0.5) is 22.7 Å². The molecule has 4 aliphatic rings. The van der Waals surface area contributed by atoms with Crippen LogP contribution in [0.15, 0.2) is 188 Å². The molecule has 4 aliphatic heterocycles. The first-order valence-corrected chi connectivity index (χ1v) is 24.8. The molecule has 8 aromatic carbocycles. The van der Waals surface area contributed by atoms with E-state index in [4.69, 9.17) is 17.2 Å². The molecule has 2 aromatic heterocycles. The number of hydrogen-bond acceptors (Lipinski definition) is 5. The molecule has 0 saturated heterocycles. The number of pyridine rings is 1. The van der Waals surface area contributed by atoms with Gasteiger partial charge in [0.05, 0.1) is 33.6 Å². The SMILES string of the molecule is [2H]c1c([2H])c([2H])c2c(c1[2H])c1ccc3cc1n2-c1cc(C([2H])([2H])C(C)C)c(cn1)-c1cccc(c1)Oc1ccc(cc1)-c1cc(C(C)(C)C)cc(-c2ccccc2)c1N1CN(c2ccc(C(C)(C)C)c(c2)O3)c2ccccc21. The molecule has 0 spiro atoms. The van der Waals surface area contributed by atoms with Crippen LogP contribution in [-0.2, 0) is 17.2 Å².